The highest BCUT2D eigenvalue weighted by atomic mass is 32.1. The number of amides is 1. The van der Waals surface area contributed by atoms with Gasteiger partial charge < -0.3 is 10.6 Å². The van der Waals surface area contributed by atoms with Crippen LogP contribution in [0.4, 0.5) is 5.13 Å². The van der Waals surface area contributed by atoms with E-state index < -0.39 is 0 Å². The molecule has 0 aliphatic heterocycles. The zero-order chi connectivity index (χ0) is 17.1. The fourth-order valence-electron chi connectivity index (χ4n) is 2.42. The first kappa shape index (κ1) is 16.6. The van der Waals surface area contributed by atoms with Gasteiger partial charge in [-0.15, -0.1) is 0 Å². The summed E-state index contributed by atoms with van der Waals surface area (Å²) in [6.07, 6.45) is 3.68. The average molecular weight is 343 g/mol. The summed E-state index contributed by atoms with van der Waals surface area (Å²) in [4.78, 5) is 16.6. The second-order valence-corrected chi connectivity index (χ2v) is 6.97. The number of carbonyl (C=O) groups excluding carboxylic acids is 1. The van der Waals surface area contributed by atoms with Crippen molar-refractivity contribution in [3.63, 3.8) is 0 Å². The fraction of sp³-hybridized carbons (Fsp3) is 0.353. The summed E-state index contributed by atoms with van der Waals surface area (Å²) in [5.74, 6) is -0.0923. The van der Waals surface area contributed by atoms with Crippen molar-refractivity contribution in [3.05, 3.63) is 42.2 Å². The summed E-state index contributed by atoms with van der Waals surface area (Å²) in [7, 11) is 0. The monoisotopic (exact) mass is 343 g/mol. The molecule has 2 N–H and O–H groups in total. The molecule has 1 amide bonds. The molecule has 0 fully saturated rings. The molecule has 3 aromatic rings. The highest BCUT2D eigenvalue weighted by Gasteiger charge is 2.15. The lowest BCUT2D eigenvalue weighted by atomic mass is 10.2. The van der Waals surface area contributed by atoms with Gasteiger partial charge in [0.25, 0.3) is 0 Å². The molecule has 0 saturated carbocycles. The highest BCUT2D eigenvalue weighted by molar-refractivity contribution is 7.22. The Labute approximate surface area is 144 Å². The van der Waals surface area contributed by atoms with Crippen LogP contribution in [0.1, 0.15) is 25.5 Å². The second kappa shape index (κ2) is 7.11. The third-order valence-electron chi connectivity index (χ3n) is 4.04. The number of rotatable bonds is 6. The molecule has 2 aromatic heterocycles. The molecule has 7 heteroatoms. The lowest BCUT2D eigenvalue weighted by Crippen LogP contribution is -2.39. The molecular weight excluding hydrogens is 322 g/mol. The number of hydrogen-bond acceptors (Lipinski definition) is 5. The van der Waals surface area contributed by atoms with Gasteiger partial charge in [-0.1, -0.05) is 17.4 Å². The minimum Gasteiger partial charge on any atom is -0.304 e. The third-order valence-corrected chi connectivity index (χ3v) is 4.97. The molecule has 126 valence electrons. The maximum absolute atomic E-state index is 12.1. The molecule has 24 heavy (non-hydrogen) atoms. The van der Waals surface area contributed by atoms with Crippen LogP contribution < -0.4 is 10.6 Å². The highest BCUT2D eigenvalue weighted by Crippen LogP contribution is 2.26. The molecular formula is C17H21N5OS. The van der Waals surface area contributed by atoms with Crippen LogP contribution in [0.2, 0.25) is 0 Å². The van der Waals surface area contributed by atoms with E-state index in [0.717, 1.165) is 10.2 Å². The lowest BCUT2D eigenvalue weighted by Gasteiger charge is -2.21. The molecule has 0 aliphatic carbocycles. The van der Waals surface area contributed by atoms with Gasteiger partial charge in [0, 0.05) is 18.4 Å². The summed E-state index contributed by atoms with van der Waals surface area (Å²) < 4.78 is 2.96. The molecule has 6 nitrogen and oxygen atoms in total. The number of anilines is 1. The van der Waals surface area contributed by atoms with Crippen molar-refractivity contribution in [1.29, 1.82) is 0 Å². The first-order chi connectivity index (χ1) is 11.5. The summed E-state index contributed by atoms with van der Waals surface area (Å²) >= 11 is 1.49. The van der Waals surface area contributed by atoms with Gasteiger partial charge in [0.15, 0.2) is 5.13 Å². The maximum atomic E-state index is 12.1. The number of nitrogens with zero attached hydrogens (tertiary/aromatic N) is 3. The summed E-state index contributed by atoms with van der Waals surface area (Å²) in [5.41, 5.74) is 2.10. The number of aryl methyl sites for hydroxylation is 1. The number of nitrogens with one attached hydrogen (secondary N) is 2. The van der Waals surface area contributed by atoms with Gasteiger partial charge in [-0.3, -0.25) is 9.48 Å². The Kier molecular flexibility index (Phi) is 4.92. The minimum absolute atomic E-state index is 0.0923. The topological polar surface area (TPSA) is 71.8 Å². The van der Waals surface area contributed by atoms with Crippen molar-refractivity contribution in [2.45, 2.75) is 32.9 Å². The first-order valence-electron chi connectivity index (χ1n) is 7.92. The SMILES string of the molecule is Cc1ccc2nc(NC(=O)CN[C@H](C)[C@H](C)n3cccn3)sc2c1. The quantitative estimate of drug-likeness (QED) is 0.722. The molecule has 2 atom stereocenters. The van der Waals surface area contributed by atoms with Crippen molar-refractivity contribution in [3.8, 4) is 0 Å². The summed E-state index contributed by atoms with van der Waals surface area (Å²) in [6, 6.07) is 8.25. The lowest BCUT2D eigenvalue weighted by molar-refractivity contribution is -0.115. The molecule has 0 saturated heterocycles. The van der Waals surface area contributed by atoms with Crippen LogP contribution in [0.3, 0.4) is 0 Å². The Morgan fingerprint density at radius 1 is 1.38 bits per heavy atom. The maximum Gasteiger partial charge on any atom is 0.240 e. The van der Waals surface area contributed by atoms with Crippen LogP contribution in [0.25, 0.3) is 10.2 Å². The van der Waals surface area contributed by atoms with Gasteiger partial charge in [0.1, 0.15) is 0 Å². The molecule has 3 rings (SSSR count). The Hall–Kier alpha value is -2.25. The van der Waals surface area contributed by atoms with Crippen molar-refractivity contribution < 1.29 is 4.79 Å². The second-order valence-electron chi connectivity index (χ2n) is 5.93. The Bertz CT molecular complexity index is 827. The molecule has 0 bridgehead atoms. The van der Waals surface area contributed by atoms with E-state index in [2.05, 4.69) is 33.7 Å². The Balaban J connectivity index is 1.55. The van der Waals surface area contributed by atoms with E-state index in [4.69, 9.17) is 0 Å². The van der Waals surface area contributed by atoms with Gasteiger partial charge in [0.05, 0.1) is 22.8 Å². The van der Waals surface area contributed by atoms with Gasteiger partial charge >= 0.3 is 0 Å². The summed E-state index contributed by atoms with van der Waals surface area (Å²) in [6.45, 7) is 6.39. The molecule has 1 aromatic carbocycles. The van der Waals surface area contributed by atoms with Crippen molar-refractivity contribution in [2.75, 3.05) is 11.9 Å². The van der Waals surface area contributed by atoms with Gasteiger partial charge in [0.2, 0.25) is 5.91 Å². The number of aromatic nitrogens is 3. The van der Waals surface area contributed by atoms with E-state index in [1.165, 1.54) is 16.9 Å². The normalized spacial score (nSPS) is 13.8. The van der Waals surface area contributed by atoms with Gasteiger partial charge in [-0.2, -0.15) is 5.10 Å². The van der Waals surface area contributed by atoms with Crippen molar-refractivity contribution in [1.82, 2.24) is 20.1 Å². The van der Waals surface area contributed by atoms with Crippen LogP contribution in [0, 0.1) is 6.92 Å². The number of thiazole rings is 1. The first-order valence-corrected chi connectivity index (χ1v) is 8.74. The van der Waals surface area contributed by atoms with Crippen molar-refractivity contribution in [2.24, 2.45) is 0 Å². The fourth-order valence-corrected chi connectivity index (χ4v) is 3.40. The van der Waals surface area contributed by atoms with E-state index in [0.29, 0.717) is 5.13 Å². The van der Waals surface area contributed by atoms with E-state index >= 15 is 0 Å². The minimum atomic E-state index is -0.0923. The average Bonchev–Trinajstić information content (AvgIpc) is 3.20. The van der Waals surface area contributed by atoms with Crippen LogP contribution in [0.5, 0.6) is 0 Å². The zero-order valence-corrected chi connectivity index (χ0v) is 14.8. The molecule has 0 spiro atoms. The standard InChI is InChI=1S/C17H21N5OS/c1-11-5-6-14-15(9-11)24-17(20-14)21-16(23)10-18-12(2)13(3)22-8-4-7-19-22/h4-9,12-13,18H,10H2,1-3H3,(H,20,21,23)/t12-,13+/m1/s1. The predicted molar refractivity (Wildman–Crippen MR) is 97.4 cm³/mol. The van der Waals surface area contributed by atoms with Gasteiger partial charge in [-0.05, 0) is 44.5 Å². The van der Waals surface area contributed by atoms with E-state index in [9.17, 15) is 4.79 Å². The molecule has 2 heterocycles. The Morgan fingerprint density at radius 3 is 2.96 bits per heavy atom. The van der Waals surface area contributed by atoms with Crippen LogP contribution in [-0.4, -0.2) is 33.3 Å². The van der Waals surface area contributed by atoms with Crippen molar-refractivity contribution >= 4 is 32.6 Å². The smallest absolute Gasteiger partial charge is 0.240 e. The molecule has 0 radical (unpaired) electrons. The number of fused-ring (bicyclic) bond motifs is 1. The predicted octanol–water partition coefficient (Wildman–Crippen LogP) is 2.98. The Morgan fingerprint density at radius 2 is 2.21 bits per heavy atom. The zero-order valence-electron chi connectivity index (χ0n) is 14.0. The molecule has 0 unspecified atom stereocenters. The van der Waals surface area contributed by atoms with Crippen LogP contribution in [0.15, 0.2) is 36.7 Å². The van der Waals surface area contributed by atoms with Crippen LogP contribution in [-0.2, 0) is 4.79 Å². The van der Waals surface area contributed by atoms with Gasteiger partial charge in [-0.25, -0.2) is 4.98 Å². The molecule has 0 aliphatic rings. The number of hydrogen-bond donors (Lipinski definition) is 2. The van der Waals surface area contributed by atoms with E-state index in [-0.39, 0.29) is 24.5 Å². The van der Waals surface area contributed by atoms with E-state index in [1.807, 2.05) is 42.9 Å². The number of carbonyl (C=O) groups is 1. The van der Waals surface area contributed by atoms with Crippen LogP contribution >= 0.6 is 11.3 Å². The third kappa shape index (κ3) is 3.80. The summed E-state index contributed by atoms with van der Waals surface area (Å²) in [5, 5.41) is 11.0. The largest absolute Gasteiger partial charge is 0.304 e. The number of benzene rings is 1. The van der Waals surface area contributed by atoms with E-state index in [1.54, 1.807) is 6.20 Å².